The van der Waals surface area contributed by atoms with Crippen molar-refractivity contribution in [2.45, 2.75) is 110 Å². The van der Waals surface area contributed by atoms with Crippen molar-refractivity contribution < 1.29 is 58.3 Å². The smallest absolute Gasteiger partial charge is 0.135 e. The van der Waals surface area contributed by atoms with Crippen molar-refractivity contribution >= 4 is 21.5 Å². The van der Waals surface area contributed by atoms with Gasteiger partial charge in [-0.2, -0.15) is 0 Å². The van der Waals surface area contributed by atoms with Crippen molar-refractivity contribution in [2.24, 2.45) is 0 Å². The molecule has 0 saturated carbocycles. The van der Waals surface area contributed by atoms with Crippen LogP contribution in [0.3, 0.4) is 0 Å². The standard InChI is InChI=1S/C57H70O12/c1-35(58)27-62-39(5)31-66-51-25-43-17-9-11-19-45(43)55(68-33-41(7)64-29-37(3)60)53(51)57(49-23-15-13-21-47(49)48-22-14-16-24-50(48)57)54-52(67-32-40(6)63-28-36(2)59)26-44-18-10-12-20-46(44)56(54)69-34-42(8)65-30-38(4)61/h9-26,35-42,58-61H,27-34H2,1-8H3. The molecule has 8 atom stereocenters. The summed E-state index contributed by atoms with van der Waals surface area (Å²) in [5.74, 6) is 2.14. The van der Waals surface area contributed by atoms with E-state index >= 15 is 0 Å². The van der Waals surface area contributed by atoms with Gasteiger partial charge in [-0.05, 0) is 101 Å². The first kappa shape index (κ1) is 51.6. The lowest BCUT2D eigenvalue weighted by Gasteiger charge is -2.39. The summed E-state index contributed by atoms with van der Waals surface area (Å²) < 4.78 is 53.0. The average Bonchev–Trinajstić information content (AvgIpc) is 3.63. The summed E-state index contributed by atoms with van der Waals surface area (Å²) >= 11 is 0. The van der Waals surface area contributed by atoms with Gasteiger partial charge in [-0.15, -0.1) is 0 Å². The third-order valence-corrected chi connectivity index (χ3v) is 12.0. The Morgan fingerprint density at radius 2 is 0.681 bits per heavy atom. The summed E-state index contributed by atoms with van der Waals surface area (Å²) in [7, 11) is 0. The van der Waals surface area contributed by atoms with E-state index in [4.69, 9.17) is 37.9 Å². The molecule has 0 saturated heterocycles. The Morgan fingerprint density at radius 3 is 1.03 bits per heavy atom. The molecular formula is C57H70O12. The molecule has 7 rings (SSSR count). The molecule has 0 fully saturated rings. The average molecular weight is 947 g/mol. The molecule has 1 aliphatic carbocycles. The van der Waals surface area contributed by atoms with Gasteiger partial charge < -0.3 is 58.3 Å². The Bertz CT molecular complexity index is 2430. The lowest BCUT2D eigenvalue weighted by atomic mass is 9.65. The quantitative estimate of drug-likeness (QED) is 0.0410. The van der Waals surface area contributed by atoms with E-state index in [0.29, 0.717) is 34.1 Å². The predicted molar refractivity (Wildman–Crippen MR) is 269 cm³/mol. The monoisotopic (exact) mass is 946 g/mol. The van der Waals surface area contributed by atoms with Gasteiger partial charge in [0.1, 0.15) is 49.4 Å². The van der Waals surface area contributed by atoms with Crippen LogP contribution in [0.25, 0.3) is 32.7 Å². The third-order valence-electron chi connectivity index (χ3n) is 12.0. The van der Waals surface area contributed by atoms with Gasteiger partial charge in [0.25, 0.3) is 0 Å². The molecule has 12 heteroatoms. The molecule has 6 aromatic rings. The molecule has 0 heterocycles. The van der Waals surface area contributed by atoms with Crippen LogP contribution < -0.4 is 18.9 Å². The summed E-state index contributed by atoms with van der Waals surface area (Å²) in [6.45, 7) is 15.5. The summed E-state index contributed by atoms with van der Waals surface area (Å²) in [5, 5.41) is 44.1. The third kappa shape index (κ3) is 12.0. The highest BCUT2D eigenvalue weighted by Gasteiger charge is 2.53. The summed E-state index contributed by atoms with van der Waals surface area (Å²) in [6, 6.07) is 36.9. The summed E-state index contributed by atoms with van der Waals surface area (Å²) in [4.78, 5) is 0. The zero-order valence-electron chi connectivity index (χ0n) is 41.2. The predicted octanol–water partition coefficient (Wildman–Crippen LogP) is 9.01. The van der Waals surface area contributed by atoms with Gasteiger partial charge >= 0.3 is 0 Å². The van der Waals surface area contributed by atoms with Gasteiger partial charge in [0.15, 0.2) is 0 Å². The fraction of sp³-hybridized carbons (Fsp3) is 0.439. The van der Waals surface area contributed by atoms with Gasteiger partial charge in [0.05, 0.1) is 91.8 Å². The molecule has 69 heavy (non-hydrogen) atoms. The molecule has 12 nitrogen and oxygen atoms in total. The van der Waals surface area contributed by atoms with Gasteiger partial charge in [-0.3, -0.25) is 0 Å². The molecule has 0 amide bonds. The van der Waals surface area contributed by atoms with E-state index in [2.05, 4.69) is 36.4 Å². The van der Waals surface area contributed by atoms with E-state index < -0.39 is 54.2 Å². The van der Waals surface area contributed by atoms with E-state index in [9.17, 15) is 20.4 Å². The van der Waals surface area contributed by atoms with Crippen LogP contribution in [0.4, 0.5) is 0 Å². The van der Waals surface area contributed by atoms with Crippen LogP contribution in [-0.4, -0.2) is 122 Å². The van der Waals surface area contributed by atoms with E-state index in [0.717, 1.165) is 43.8 Å². The summed E-state index contributed by atoms with van der Waals surface area (Å²) in [6.07, 6.45) is -4.34. The van der Waals surface area contributed by atoms with Crippen LogP contribution in [0, 0.1) is 0 Å². The zero-order chi connectivity index (χ0) is 49.2. The Morgan fingerprint density at radius 1 is 0.377 bits per heavy atom. The Kier molecular flexibility index (Phi) is 17.6. The largest absolute Gasteiger partial charge is 0.490 e. The highest BCUT2D eigenvalue weighted by molar-refractivity contribution is 6.00. The van der Waals surface area contributed by atoms with Crippen LogP contribution >= 0.6 is 0 Å². The zero-order valence-corrected chi connectivity index (χ0v) is 41.2. The second-order valence-electron chi connectivity index (χ2n) is 18.7. The van der Waals surface area contributed by atoms with Crippen LogP contribution in [0.15, 0.2) is 109 Å². The molecule has 8 unspecified atom stereocenters. The van der Waals surface area contributed by atoms with Crippen LogP contribution in [0.5, 0.6) is 23.0 Å². The number of fused-ring (bicyclic) bond motifs is 5. The fourth-order valence-corrected chi connectivity index (χ4v) is 8.94. The van der Waals surface area contributed by atoms with Crippen molar-refractivity contribution in [3.63, 3.8) is 0 Å². The lowest BCUT2D eigenvalue weighted by Crippen LogP contribution is -2.34. The maximum Gasteiger partial charge on any atom is 0.135 e. The second-order valence-corrected chi connectivity index (χ2v) is 18.7. The van der Waals surface area contributed by atoms with Crippen LogP contribution in [-0.2, 0) is 24.4 Å². The second kappa shape index (κ2) is 23.6. The fourth-order valence-electron chi connectivity index (χ4n) is 8.94. The number of aliphatic hydroxyl groups excluding tert-OH is 4. The minimum Gasteiger partial charge on any atom is -0.490 e. The molecule has 1 aliphatic rings. The Balaban J connectivity index is 1.62. The molecule has 0 aromatic heterocycles. The molecule has 4 N–H and O–H groups in total. The van der Waals surface area contributed by atoms with E-state index in [1.807, 2.05) is 100 Å². The Labute approximate surface area is 406 Å². The van der Waals surface area contributed by atoms with E-state index in [1.165, 1.54) is 0 Å². The number of rotatable bonds is 26. The molecule has 0 aliphatic heterocycles. The topological polar surface area (TPSA) is 155 Å². The molecule has 0 spiro atoms. The lowest BCUT2D eigenvalue weighted by molar-refractivity contribution is -0.0149. The van der Waals surface area contributed by atoms with Crippen molar-refractivity contribution in [3.05, 3.63) is 131 Å². The highest BCUT2D eigenvalue weighted by Crippen LogP contribution is 2.65. The van der Waals surface area contributed by atoms with E-state index in [1.54, 1.807) is 27.7 Å². The molecule has 0 bridgehead atoms. The van der Waals surface area contributed by atoms with Gasteiger partial charge in [-0.1, -0.05) is 97.1 Å². The number of benzene rings is 6. The maximum atomic E-state index is 10.2. The first-order valence-corrected chi connectivity index (χ1v) is 24.2. The van der Waals surface area contributed by atoms with Gasteiger partial charge in [0, 0.05) is 10.8 Å². The van der Waals surface area contributed by atoms with Crippen molar-refractivity contribution in [3.8, 4) is 34.1 Å². The molecule has 0 radical (unpaired) electrons. The van der Waals surface area contributed by atoms with Crippen LogP contribution in [0.2, 0.25) is 0 Å². The highest BCUT2D eigenvalue weighted by atomic mass is 16.6. The maximum absolute atomic E-state index is 10.2. The minimum absolute atomic E-state index is 0.126. The van der Waals surface area contributed by atoms with Gasteiger partial charge in [-0.25, -0.2) is 0 Å². The number of ether oxygens (including phenoxy) is 8. The normalized spacial score (nSPS) is 16.5. The number of hydrogen-bond donors (Lipinski definition) is 4. The summed E-state index contributed by atoms with van der Waals surface area (Å²) in [5.41, 5.74) is 3.90. The van der Waals surface area contributed by atoms with Crippen molar-refractivity contribution in [1.82, 2.24) is 0 Å². The molecule has 6 aromatic carbocycles. The Hall–Kier alpha value is -5.28. The first-order chi connectivity index (χ1) is 33.2. The van der Waals surface area contributed by atoms with Crippen LogP contribution in [0.1, 0.15) is 77.6 Å². The van der Waals surface area contributed by atoms with Gasteiger partial charge in [0.2, 0.25) is 0 Å². The molecular weight excluding hydrogens is 877 g/mol. The first-order valence-electron chi connectivity index (χ1n) is 24.2. The number of hydrogen-bond acceptors (Lipinski definition) is 12. The number of aliphatic hydroxyl groups is 4. The molecule has 370 valence electrons. The van der Waals surface area contributed by atoms with Crippen molar-refractivity contribution in [2.75, 3.05) is 52.9 Å². The SMILES string of the molecule is CC(O)COC(C)COc1cc2ccccc2c(OCC(C)OCC(C)O)c1C1(c2c(OCC(C)OCC(C)O)cc3ccccc3c2OCC(C)OCC(C)O)c2ccccc2-c2ccccc21. The minimum atomic E-state index is -1.31. The van der Waals surface area contributed by atoms with Crippen molar-refractivity contribution in [1.29, 1.82) is 0 Å². The van der Waals surface area contributed by atoms with E-state index in [-0.39, 0.29) is 52.9 Å².